The van der Waals surface area contributed by atoms with E-state index in [0.717, 1.165) is 23.5 Å². The van der Waals surface area contributed by atoms with Crippen molar-refractivity contribution in [2.24, 2.45) is 0 Å². The third-order valence-electron chi connectivity index (χ3n) is 3.73. The van der Waals surface area contributed by atoms with Crippen molar-refractivity contribution >= 4 is 28.0 Å². The fraction of sp³-hybridized carbons (Fsp3) is 0.294. The molecule has 3 rings (SSSR count). The number of hydrogen-bond acceptors (Lipinski definition) is 5. The van der Waals surface area contributed by atoms with Crippen LogP contribution in [0.25, 0.3) is 10.8 Å². The number of nitrogens with one attached hydrogen (secondary N) is 2. The van der Waals surface area contributed by atoms with Crippen LogP contribution in [0.4, 0.5) is 0 Å². The minimum atomic E-state index is -0.245. The van der Waals surface area contributed by atoms with Crippen LogP contribution in [0.1, 0.15) is 23.3 Å². The number of aromatic nitrogens is 3. The summed E-state index contributed by atoms with van der Waals surface area (Å²) >= 11 is 1.62. The largest absolute Gasteiger partial charge is 0.355 e. The summed E-state index contributed by atoms with van der Waals surface area (Å²) in [7, 11) is 0. The first-order valence-electron chi connectivity index (χ1n) is 7.83. The maximum atomic E-state index is 12.1. The number of fused-ring (bicyclic) bond motifs is 1. The van der Waals surface area contributed by atoms with Gasteiger partial charge in [-0.15, -0.1) is 11.3 Å². The summed E-state index contributed by atoms with van der Waals surface area (Å²) in [5.41, 5.74) is 1.42. The summed E-state index contributed by atoms with van der Waals surface area (Å²) in [6.07, 6.45) is 1.78. The highest BCUT2D eigenvalue weighted by Crippen LogP contribution is 2.13. The van der Waals surface area contributed by atoms with Gasteiger partial charge in [-0.1, -0.05) is 25.1 Å². The molecule has 0 bridgehead atoms. The zero-order valence-electron chi connectivity index (χ0n) is 13.3. The number of aryl methyl sites for hydroxylation is 1. The lowest BCUT2D eigenvalue weighted by molar-refractivity contribution is -0.120. The highest BCUT2D eigenvalue weighted by atomic mass is 32.1. The van der Waals surface area contributed by atoms with E-state index >= 15 is 0 Å². The molecule has 1 amide bonds. The lowest BCUT2D eigenvalue weighted by Gasteiger charge is -2.06. The molecule has 0 saturated carbocycles. The normalized spacial score (nSPS) is 10.9. The van der Waals surface area contributed by atoms with Crippen LogP contribution in [0, 0.1) is 0 Å². The molecular weight excluding hydrogens is 324 g/mol. The van der Waals surface area contributed by atoms with Gasteiger partial charge in [-0.3, -0.25) is 9.59 Å². The molecule has 0 atom stereocenters. The van der Waals surface area contributed by atoms with Crippen molar-refractivity contribution in [2.75, 3.05) is 6.54 Å². The lowest BCUT2D eigenvalue weighted by Crippen LogP contribution is -2.28. The van der Waals surface area contributed by atoms with E-state index in [-0.39, 0.29) is 17.9 Å². The van der Waals surface area contributed by atoms with E-state index in [1.165, 1.54) is 0 Å². The van der Waals surface area contributed by atoms with Crippen LogP contribution in [0.5, 0.6) is 0 Å². The van der Waals surface area contributed by atoms with Gasteiger partial charge in [0.25, 0.3) is 5.56 Å². The number of carbonyl (C=O) groups is 1. The molecule has 2 aromatic heterocycles. The van der Waals surface area contributed by atoms with Gasteiger partial charge in [0, 0.05) is 23.7 Å². The minimum absolute atomic E-state index is 0.119. The minimum Gasteiger partial charge on any atom is -0.355 e. The lowest BCUT2D eigenvalue weighted by atomic mass is 10.1. The molecule has 0 fully saturated rings. The van der Waals surface area contributed by atoms with Crippen LogP contribution in [0.15, 0.2) is 34.4 Å². The van der Waals surface area contributed by atoms with Gasteiger partial charge in [0.1, 0.15) is 0 Å². The molecule has 7 heteroatoms. The smallest absolute Gasteiger partial charge is 0.272 e. The Kier molecular flexibility index (Phi) is 5.00. The van der Waals surface area contributed by atoms with Crippen molar-refractivity contribution in [3.8, 4) is 0 Å². The summed E-state index contributed by atoms with van der Waals surface area (Å²) in [5.74, 6) is -0.119. The summed E-state index contributed by atoms with van der Waals surface area (Å²) in [4.78, 5) is 28.4. The zero-order valence-corrected chi connectivity index (χ0v) is 14.2. The molecule has 3 aromatic rings. The van der Waals surface area contributed by atoms with E-state index in [2.05, 4.69) is 27.4 Å². The number of hydrogen-bond donors (Lipinski definition) is 2. The van der Waals surface area contributed by atoms with E-state index in [0.29, 0.717) is 23.0 Å². The van der Waals surface area contributed by atoms with Gasteiger partial charge < -0.3 is 5.32 Å². The van der Waals surface area contributed by atoms with Gasteiger partial charge >= 0.3 is 0 Å². The highest BCUT2D eigenvalue weighted by Gasteiger charge is 2.10. The molecule has 0 aliphatic carbocycles. The number of carbonyl (C=O) groups excluding carboxylic acids is 1. The van der Waals surface area contributed by atoms with Crippen LogP contribution in [0.3, 0.4) is 0 Å². The maximum absolute atomic E-state index is 12.1. The van der Waals surface area contributed by atoms with Gasteiger partial charge in [-0.05, 0) is 12.5 Å². The third kappa shape index (κ3) is 3.68. The second-order valence-electron chi connectivity index (χ2n) is 5.41. The molecule has 2 N–H and O–H groups in total. The Balaban J connectivity index is 1.61. The second-order valence-corrected chi connectivity index (χ2v) is 6.35. The molecule has 24 heavy (non-hydrogen) atoms. The number of thiazole rings is 1. The summed E-state index contributed by atoms with van der Waals surface area (Å²) < 4.78 is 0. The number of rotatable bonds is 6. The molecule has 2 heterocycles. The van der Waals surface area contributed by atoms with Crippen molar-refractivity contribution in [1.82, 2.24) is 20.5 Å². The number of nitrogens with zero attached hydrogens (tertiary/aromatic N) is 2. The van der Waals surface area contributed by atoms with Gasteiger partial charge in [-0.25, -0.2) is 10.1 Å². The standard InChI is InChI=1S/C17H18N4O2S/c1-2-11-10-24-16(19-11)7-8-18-15(22)9-14-12-5-3-4-6-13(12)17(23)21-20-14/h3-6,10H,2,7-9H2,1H3,(H,18,22)(H,21,23). The fourth-order valence-corrected chi connectivity index (χ4v) is 3.34. The Hall–Kier alpha value is -2.54. The van der Waals surface area contributed by atoms with Crippen molar-refractivity contribution < 1.29 is 4.79 Å². The average molecular weight is 342 g/mol. The Morgan fingerprint density at radius 1 is 1.29 bits per heavy atom. The number of H-pyrrole nitrogens is 1. The number of benzene rings is 1. The van der Waals surface area contributed by atoms with E-state index < -0.39 is 0 Å². The van der Waals surface area contributed by atoms with Gasteiger partial charge in [0.05, 0.1) is 28.2 Å². The number of amides is 1. The van der Waals surface area contributed by atoms with Crippen molar-refractivity contribution in [3.05, 3.63) is 56.4 Å². The monoisotopic (exact) mass is 342 g/mol. The van der Waals surface area contributed by atoms with Crippen molar-refractivity contribution in [1.29, 1.82) is 0 Å². The highest BCUT2D eigenvalue weighted by molar-refractivity contribution is 7.09. The predicted molar refractivity (Wildman–Crippen MR) is 94.3 cm³/mol. The predicted octanol–water partition coefficient (Wildman–Crippen LogP) is 1.84. The first-order chi connectivity index (χ1) is 11.7. The van der Waals surface area contributed by atoms with Crippen LogP contribution in [0.2, 0.25) is 0 Å². The first kappa shape index (κ1) is 16.3. The fourth-order valence-electron chi connectivity index (χ4n) is 2.46. The van der Waals surface area contributed by atoms with E-state index in [4.69, 9.17) is 0 Å². The Morgan fingerprint density at radius 2 is 2.08 bits per heavy atom. The quantitative estimate of drug-likeness (QED) is 0.715. The van der Waals surface area contributed by atoms with Crippen LogP contribution in [-0.2, 0) is 24.1 Å². The third-order valence-corrected chi connectivity index (χ3v) is 4.68. The topological polar surface area (TPSA) is 87.7 Å². The van der Waals surface area contributed by atoms with Crippen LogP contribution < -0.4 is 10.9 Å². The second kappa shape index (κ2) is 7.35. The van der Waals surface area contributed by atoms with Crippen LogP contribution in [-0.4, -0.2) is 27.6 Å². The summed E-state index contributed by atoms with van der Waals surface area (Å²) in [5, 5.41) is 13.7. The summed E-state index contributed by atoms with van der Waals surface area (Å²) in [6, 6.07) is 7.16. The first-order valence-corrected chi connectivity index (χ1v) is 8.71. The van der Waals surface area contributed by atoms with Crippen molar-refractivity contribution in [3.63, 3.8) is 0 Å². The molecule has 0 aliphatic rings. The Labute approximate surface area is 143 Å². The number of aromatic amines is 1. The van der Waals surface area contributed by atoms with Crippen molar-refractivity contribution in [2.45, 2.75) is 26.2 Å². The molecule has 0 aliphatic heterocycles. The van der Waals surface area contributed by atoms with E-state index in [9.17, 15) is 9.59 Å². The zero-order chi connectivity index (χ0) is 16.9. The van der Waals surface area contributed by atoms with E-state index in [1.807, 2.05) is 17.5 Å². The molecule has 6 nitrogen and oxygen atoms in total. The maximum Gasteiger partial charge on any atom is 0.272 e. The molecule has 0 radical (unpaired) electrons. The van der Waals surface area contributed by atoms with E-state index in [1.54, 1.807) is 23.5 Å². The average Bonchev–Trinajstić information content (AvgIpc) is 3.06. The van der Waals surface area contributed by atoms with Gasteiger partial charge in [-0.2, -0.15) is 5.10 Å². The summed E-state index contributed by atoms with van der Waals surface area (Å²) in [6.45, 7) is 2.61. The van der Waals surface area contributed by atoms with Gasteiger partial charge in [0.2, 0.25) is 5.91 Å². The Bertz CT molecular complexity index is 916. The van der Waals surface area contributed by atoms with Crippen LogP contribution >= 0.6 is 11.3 Å². The molecule has 0 saturated heterocycles. The molecule has 0 unspecified atom stereocenters. The molecule has 0 spiro atoms. The molecular formula is C17H18N4O2S. The van der Waals surface area contributed by atoms with Gasteiger partial charge in [0.15, 0.2) is 0 Å². The SMILES string of the molecule is CCc1csc(CCNC(=O)Cc2n[nH]c(=O)c3ccccc23)n1. The molecule has 124 valence electrons. The molecule has 1 aromatic carbocycles. The Morgan fingerprint density at radius 3 is 2.83 bits per heavy atom.